The summed E-state index contributed by atoms with van der Waals surface area (Å²) in [4.78, 5) is 52.1. The van der Waals surface area contributed by atoms with E-state index >= 15 is 0 Å². The molecule has 2 fully saturated rings. The minimum atomic E-state index is -0.891. The summed E-state index contributed by atoms with van der Waals surface area (Å²) < 4.78 is 5.89. The van der Waals surface area contributed by atoms with Gasteiger partial charge < -0.3 is 15.4 Å². The Kier molecular flexibility index (Phi) is 6.85. The van der Waals surface area contributed by atoms with Gasteiger partial charge in [-0.3, -0.25) is 14.5 Å². The van der Waals surface area contributed by atoms with Crippen LogP contribution in [0.4, 0.5) is 9.80 Å². The maximum absolute atomic E-state index is 13.0. The molecule has 33 heavy (non-hydrogen) atoms. The lowest BCUT2D eigenvalue weighted by Crippen LogP contribution is -2.48. The summed E-state index contributed by atoms with van der Waals surface area (Å²) >= 11 is 4.68. The van der Waals surface area contributed by atoms with E-state index in [0.29, 0.717) is 27.2 Å². The van der Waals surface area contributed by atoms with Gasteiger partial charge in [0, 0.05) is 5.56 Å². The van der Waals surface area contributed by atoms with Crippen molar-refractivity contribution >= 4 is 56.1 Å². The molecule has 0 bridgehead atoms. The normalized spacial score (nSPS) is 17.2. The topological polar surface area (TPSA) is 105 Å². The second-order valence-electron chi connectivity index (χ2n) is 8.05. The van der Waals surface area contributed by atoms with Gasteiger partial charge in [0.25, 0.3) is 5.91 Å². The van der Waals surface area contributed by atoms with Gasteiger partial charge in [0.2, 0.25) is 5.91 Å². The number of hydrogen-bond donors (Lipinski definition) is 2. The number of anilines is 1. The summed E-state index contributed by atoms with van der Waals surface area (Å²) in [6.45, 7) is 1.46. The van der Waals surface area contributed by atoms with E-state index in [4.69, 9.17) is 4.74 Å². The van der Waals surface area contributed by atoms with E-state index in [1.807, 2.05) is 30.3 Å². The van der Waals surface area contributed by atoms with Gasteiger partial charge in [0.05, 0.1) is 10.4 Å². The Morgan fingerprint density at radius 2 is 1.88 bits per heavy atom. The molecular formula is C23H24BrN3O5S. The van der Waals surface area contributed by atoms with Gasteiger partial charge in [-0.25, -0.2) is 9.59 Å². The highest BCUT2D eigenvalue weighted by atomic mass is 79.9. The van der Waals surface area contributed by atoms with Crippen molar-refractivity contribution in [3.8, 4) is 11.1 Å². The van der Waals surface area contributed by atoms with Crippen LogP contribution >= 0.6 is 27.3 Å². The average Bonchev–Trinajstić information content (AvgIpc) is 3.23. The average molecular weight is 534 g/mol. The number of imide groups is 1. The molecule has 2 aromatic rings. The van der Waals surface area contributed by atoms with Gasteiger partial charge in [-0.2, -0.15) is 0 Å². The first-order valence-electron chi connectivity index (χ1n) is 10.8. The number of nitrogens with one attached hydrogen (secondary N) is 2. The third-order valence-electron chi connectivity index (χ3n) is 5.91. The smallest absolute Gasteiger partial charge is 0.341 e. The van der Waals surface area contributed by atoms with Crippen LogP contribution in [0.2, 0.25) is 0 Å². The number of amides is 4. The molecule has 1 aliphatic heterocycles. The minimum absolute atomic E-state index is 0.179. The molecule has 1 spiro atoms. The fourth-order valence-corrected chi connectivity index (χ4v) is 6.24. The summed E-state index contributed by atoms with van der Waals surface area (Å²) in [5.41, 5.74) is 0.746. The number of nitrogens with zero attached hydrogens (tertiary/aromatic N) is 1. The van der Waals surface area contributed by atoms with E-state index in [9.17, 15) is 19.2 Å². The molecule has 174 valence electrons. The highest BCUT2D eigenvalue weighted by Crippen LogP contribution is 2.44. The summed E-state index contributed by atoms with van der Waals surface area (Å²) in [6, 6.07) is 8.74. The molecule has 4 amide bonds. The lowest BCUT2D eigenvalue weighted by Gasteiger charge is -2.30. The third kappa shape index (κ3) is 4.54. The molecule has 1 aromatic heterocycles. The minimum Gasteiger partial charge on any atom is -0.462 e. The first-order valence-corrected chi connectivity index (χ1v) is 12.5. The molecule has 8 nitrogen and oxygen atoms in total. The summed E-state index contributed by atoms with van der Waals surface area (Å²) in [7, 11) is 0. The Hall–Kier alpha value is -2.72. The zero-order valence-electron chi connectivity index (χ0n) is 18.1. The second kappa shape index (κ2) is 9.64. The molecule has 1 aliphatic carbocycles. The number of ether oxygens (including phenoxy) is 1. The van der Waals surface area contributed by atoms with Gasteiger partial charge in [0.1, 0.15) is 22.6 Å². The van der Waals surface area contributed by atoms with Crippen LogP contribution in [0.5, 0.6) is 0 Å². The number of carbonyl (C=O) groups excluding carboxylic acids is 4. The fourth-order valence-electron chi connectivity index (χ4n) is 4.38. The quantitative estimate of drug-likeness (QED) is 0.418. The standard InChI is InChI=1S/C23H24BrN3O5S/c1-2-32-20(29)17-16(14-9-5-3-6-10-14)18(24)33-19(17)25-15(28)13-27-21(30)23(26-22(27)31)11-7-4-8-12-23/h3,5-6,9-10H,2,4,7-8,11-13H2,1H3,(H,25,28)(H,26,31). The predicted molar refractivity (Wildman–Crippen MR) is 128 cm³/mol. The van der Waals surface area contributed by atoms with Crippen LogP contribution in [-0.2, 0) is 14.3 Å². The lowest BCUT2D eigenvalue weighted by atomic mass is 9.82. The van der Waals surface area contributed by atoms with Crippen molar-refractivity contribution in [3.63, 3.8) is 0 Å². The summed E-state index contributed by atoms with van der Waals surface area (Å²) in [5.74, 6) is -1.49. The molecule has 0 unspecified atom stereocenters. The number of urea groups is 1. The largest absolute Gasteiger partial charge is 0.462 e. The van der Waals surface area contributed by atoms with Crippen molar-refractivity contribution in [1.82, 2.24) is 10.2 Å². The molecule has 1 aromatic carbocycles. The zero-order valence-corrected chi connectivity index (χ0v) is 20.5. The Labute approximate surface area is 203 Å². The number of hydrogen-bond acceptors (Lipinski definition) is 6. The van der Waals surface area contributed by atoms with Crippen LogP contribution in [0.3, 0.4) is 0 Å². The van der Waals surface area contributed by atoms with E-state index in [2.05, 4.69) is 26.6 Å². The van der Waals surface area contributed by atoms with E-state index in [-0.39, 0.29) is 18.1 Å². The number of rotatable bonds is 6. The van der Waals surface area contributed by atoms with Gasteiger partial charge in [0.15, 0.2) is 0 Å². The maximum atomic E-state index is 13.0. The molecule has 0 radical (unpaired) electrons. The highest BCUT2D eigenvalue weighted by Gasteiger charge is 2.51. The SMILES string of the molecule is CCOC(=O)c1c(NC(=O)CN2C(=O)NC3(CCCCC3)C2=O)sc(Br)c1-c1ccccc1. The van der Waals surface area contributed by atoms with Gasteiger partial charge in [-0.05, 0) is 41.3 Å². The summed E-state index contributed by atoms with van der Waals surface area (Å²) in [5, 5.41) is 5.81. The van der Waals surface area contributed by atoms with E-state index in [0.717, 1.165) is 29.7 Å². The van der Waals surface area contributed by atoms with E-state index in [1.54, 1.807) is 6.92 Å². The molecule has 1 saturated heterocycles. The van der Waals surface area contributed by atoms with Crippen LogP contribution in [0.1, 0.15) is 49.4 Å². The van der Waals surface area contributed by atoms with Crippen LogP contribution in [0.15, 0.2) is 34.1 Å². The molecular weight excluding hydrogens is 510 g/mol. The van der Waals surface area contributed by atoms with Crippen molar-refractivity contribution in [3.05, 3.63) is 39.7 Å². The predicted octanol–water partition coefficient (Wildman–Crippen LogP) is 4.55. The number of thiophene rings is 1. The van der Waals surface area contributed by atoms with Gasteiger partial charge >= 0.3 is 12.0 Å². The van der Waals surface area contributed by atoms with E-state index < -0.39 is 30.0 Å². The molecule has 1 saturated carbocycles. The number of esters is 1. The van der Waals surface area contributed by atoms with Crippen LogP contribution in [0.25, 0.3) is 11.1 Å². The van der Waals surface area contributed by atoms with E-state index in [1.165, 1.54) is 11.3 Å². The van der Waals surface area contributed by atoms with Crippen LogP contribution < -0.4 is 10.6 Å². The first-order chi connectivity index (χ1) is 15.9. The van der Waals surface area contributed by atoms with Crippen molar-refractivity contribution in [1.29, 1.82) is 0 Å². The lowest BCUT2D eigenvalue weighted by molar-refractivity contribution is -0.134. The van der Waals surface area contributed by atoms with Crippen LogP contribution in [0, 0.1) is 0 Å². The van der Waals surface area contributed by atoms with Gasteiger partial charge in [-0.15, -0.1) is 11.3 Å². The Morgan fingerprint density at radius 3 is 2.55 bits per heavy atom. The number of halogens is 1. The zero-order chi connectivity index (χ0) is 23.6. The molecule has 2 N–H and O–H groups in total. The molecule has 0 atom stereocenters. The second-order valence-corrected chi connectivity index (χ2v) is 10.4. The Morgan fingerprint density at radius 1 is 1.18 bits per heavy atom. The number of carbonyl (C=O) groups is 4. The van der Waals surface area contributed by atoms with Crippen LogP contribution in [-0.4, -0.2) is 47.4 Å². The first kappa shape index (κ1) is 23.4. The van der Waals surface area contributed by atoms with Crippen molar-refractivity contribution in [2.75, 3.05) is 18.5 Å². The highest BCUT2D eigenvalue weighted by molar-refractivity contribution is 9.11. The molecule has 2 aliphatic rings. The molecule has 4 rings (SSSR count). The maximum Gasteiger partial charge on any atom is 0.341 e. The Balaban J connectivity index is 1.57. The number of benzene rings is 1. The van der Waals surface area contributed by atoms with Crippen molar-refractivity contribution in [2.45, 2.75) is 44.6 Å². The monoisotopic (exact) mass is 533 g/mol. The fraction of sp³-hybridized carbons (Fsp3) is 0.391. The van der Waals surface area contributed by atoms with Crippen molar-refractivity contribution in [2.24, 2.45) is 0 Å². The van der Waals surface area contributed by atoms with Gasteiger partial charge in [-0.1, -0.05) is 49.6 Å². The summed E-state index contributed by atoms with van der Waals surface area (Å²) in [6.07, 6.45) is 3.92. The van der Waals surface area contributed by atoms with Crippen molar-refractivity contribution < 1.29 is 23.9 Å². The molecule has 10 heteroatoms. The Bertz CT molecular complexity index is 1100. The third-order valence-corrected chi connectivity index (χ3v) is 7.69. The molecule has 2 heterocycles.